The number of urea groups is 1. The van der Waals surface area contributed by atoms with Gasteiger partial charge in [-0.25, -0.2) is 18.4 Å². The van der Waals surface area contributed by atoms with Crippen LogP contribution in [-0.4, -0.2) is 103 Å². The number of hydrogen-bond donors (Lipinski definition) is 1. The number of nitrogens with zero attached hydrogens (tertiary/aromatic N) is 4. The summed E-state index contributed by atoms with van der Waals surface area (Å²) in [6.07, 6.45) is 3.16. The molecule has 5 rings (SSSR count). The number of amides is 5. The van der Waals surface area contributed by atoms with Crippen LogP contribution in [0.25, 0.3) is 0 Å². The fourth-order valence-electron chi connectivity index (χ4n) is 6.94. The van der Waals surface area contributed by atoms with E-state index in [0.29, 0.717) is 41.5 Å². The van der Waals surface area contributed by atoms with Crippen LogP contribution in [0.3, 0.4) is 0 Å². The molecule has 10 nitrogen and oxygen atoms in total. The van der Waals surface area contributed by atoms with Crippen LogP contribution >= 0.6 is 11.6 Å². The van der Waals surface area contributed by atoms with Crippen molar-refractivity contribution < 1.29 is 32.7 Å². The Morgan fingerprint density at radius 3 is 2.24 bits per heavy atom. The van der Waals surface area contributed by atoms with Gasteiger partial charge in [0.2, 0.25) is 5.91 Å². The zero-order valence-corrected chi connectivity index (χ0v) is 27.4. The van der Waals surface area contributed by atoms with Crippen molar-refractivity contribution in [2.24, 2.45) is 11.3 Å². The SMILES string of the molecule is Cc1c(Cl)cc(C(=O)N2CCC3(CCN(C[C@@H]4CCN(C(=O)OC(C)(C)C)CC4(F)F)CC3)CC2)cc1N1CCC(=O)NC1=O. The smallest absolute Gasteiger partial charge is 0.410 e. The first-order chi connectivity index (χ1) is 21.1. The number of imide groups is 1. The van der Waals surface area contributed by atoms with Gasteiger partial charge in [-0.3, -0.25) is 19.8 Å². The van der Waals surface area contributed by atoms with Gasteiger partial charge in [0.25, 0.3) is 11.8 Å². The highest BCUT2D eigenvalue weighted by Crippen LogP contribution is 2.43. The van der Waals surface area contributed by atoms with Gasteiger partial charge >= 0.3 is 12.1 Å². The molecule has 4 heterocycles. The van der Waals surface area contributed by atoms with Gasteiger partial charge in [0.05, 0.1) is 12.2 Å². The third-order valence-electron chi connectivity index (χ3n) is 9.81. The summed E-state index contributed by atoms with van der Waals surface area (Å²) >= 11 is 6.49. The minimum absolute atomic E-state index is 0.0738. The minimum Gasteiger partial charge on any atom is -0.444 e. The largest absolute Gasteiger partial charge is 0.444 e. The van der Waals surface area contributed by atoms with E-state index < -0.39 is 36.1 Å². The zero-order valence-electron chi connectivity index (χ0n) is 26.6. The lowest BCUT2D eigenvalue weighted by Crippen LogP contribution is -2.55. The van der Waals surface area contributed by atoms with E-state index in [4.69, 9.17) is 16.3 Å². The molecule has 4 saturated heterocycles. The number of rotatable bonds is 4. The Morgan fingerprint density at radius 2 is 1.64 bits per heavy atom. The Kier molecular flexibility index (Phi) is 9.39. The van der Waals surface area contributed by atoms with E-state index in [1.165, 1.54) is 4.90 Å². The van der Waals surface area contributed by atoms with Gasteiger partial charge in [0.15, 0.2) is 0 Å². The molecule has 1 aromatic carbocycles. The second kappa shape index (κ2) is 12.7. The Bertz CT molecular complexity index is 1330. The predicted molar refractivity (Wildman–Crippen MR) is 166 cm³/mol. The second-order valence-electron chi connectivity index (χ2n) is 14.1. The van der Waals surface area contributed by atoms with Crippen molar-refractivity contribution in [3.8, 4) is 0 Å². The van der Waals surface area contributed by atoms with Crippen LogP contribution in [0.2, 0.25) is 5.02 Å². The molecule has 0 aliphatic carbocycles. The quantitative estimate of drug-likeness (QED) is 0.474. The molecule has 0 radical (unpaired) electrons. The summed E-state index contributed by atoms with van der Waals surface area (Å²) in [4.78, 5) is 56.5. The van der Waals surface area contributed by atoms with Crippen molar-refractivity contribution in [2.75, 3.05) is 57.3 Å². The lowest BCUT2D eigenvalue weighted by molar-refractivity contribution is -0.120. The number of anilines is 1. The van der Waals surface area contributed by atoms with Crippen LogP contribution in [0.4, 0.5) is 24.1 Å². The molecule has 0 bridgehead atoms. The van der Waals surface area contributed by atoms with Crippen LogP contribution in [0, 0.1) is 18.3 Å². The third kappa shape index (κ3) is 7.53. The van der Waals surface area contributed by atoms with Gasteiger partial charge in [-0.2, -0.15) is 0 Å². The second-order valence-corrected chi connectivity index (χ2v) is 14.5. The molecular weight excluding hydrogens is 608 g/mol. The summed E-state index contributed by atoms with van der Waals surface area (Å²) in [6.45, 7) is 9.73. The first-order valence-corrected chi connectivity index (χ1v) is 16.2. The van der Waals surface area contributed by atoms with E-state index in [0.717, 1.165) is 43.7 Å². The minimum atomic E-state index is -2.98. The standard InChI is InChI=1S/C32H44ClF2N5O5/c1-21-24(33)17-22(18-25(21)40-12-6-26(41)36-28(40)43)27(42)38-15-9-31(10-16-38)7-13-37(14-8-31)19-23-5-11-39(20-32(23,34)35)29(44)45-30(2,3)4/h17-18,23H,5-16,19-20H2,1-4H3,(H,36,41,43)/t23-/m0/s1. The van der Waals surface area contributed by atoms with Crippen molar-refractivity contribution in [1.29, 1.82) is 0 Å². The third-order valence-corrected chi connectivity index (χ3v) is 10.2. The highest BCUT2D eigenvalue weighted by atomic mass is 35.5. The number of alkyl halides is 2. The highest BCUT2D eigenvalue weighted by Gasteiger charge is 2.48. The zero-order chi connectivity index (χ0) is 32.7. The molecule has 4 fully saturated rings. The van der Waals surface area contributed by atoms with Crippen molar-refractivity contribution >= 4 is 41.2 Å². The van der Waals surface area contributed by atoms with E-state index in [1.54, 1.807) is 39.8 Å². The lowest BCUT2D eigenvalue weighted by Gasteiger charge is -2.48. The van der Waals surface area contributed by atoms with Gasteiger partial charge in [0.1, 0.15) is 5.60 Å². The maximum atomic E-state index is 15.1. The Morgan fingerprint density at radius 1 is 1.00 bits per heavy atom. The monoisotopic (exact) mass is 651 g/mol. The van der Waals surface area contributed by atoms with Crippen molar-refractivity contribution in [3.05, 3.63) is 28.3 Å². The summed E-state index contributed by atoms with van der Waals surface area (Å²) in [7, 11) is 0. The predicted octanol–water partition coefficient (Wildman–Crippen LogP) is 5.31. The first-order valence-electron chi connectivity index (χ1n) is 15.8. The van der Waals surface area contributed by atoms with Crippen molar-refractivity contribution in [1.82, 2.24) is 20.0 Å². The molecule has 0 unspecified atom stereocenters. The van der Waals surface area contributed by atoms with Gasteiger partial charge < -0.3 is 19.4 Å². The van der Waals surface area contributed by atoms with E-state index >= 15 is 8.78 Å². The van der Waals surface area contributed by atoms with Crippen molar-refractivity contribution in [3.63, 3.8) is 0 Å². The van der Waals surface area contributed by atoms with E-state index in [1.807, 2.05) is 4.90 Å². The Labute approximate surface area is 268 Å². The van der Waals surface area contributed by atoms with Gasteiger partial charge in [-0.1, -0.05) is 11.6 Å². The van der Waals surface area contributed by atoms with Crippen LogP contribution in [0.1, 0.15) is 75.2 Å². The summed E-state index contributed by atoms with van der Waals surface area (Å²) in [5, 5.41) is 2.69. The number of benzene rings is 1. The summed E-state index contributed by atoms with van der Waals surface area (Å²) < 4.78 is 35.6. The number of halogens is 3. The number of nitrogens with one attached hydrogen (secondary N) is 1. The molecule has 1 N–H and O–H groups in total. The highest BCUT2D eigenvalue weighted by molar-refractivity contribution is 6.32. The van der Waals surface area contributed by atoms with Gasteiger partial charge in [-0.05, 0) is 96.0 Å². The summed E-state index contributed by atoms with van der Waals surface area (Å²) in [5.41, 5.74) is 0.912. The lowest BCUT2D eigenvalue weighted by atomic mass is 9.71. The Hall–Kier alpha value is -2.99. The average molecular weight is 652 g/mol. The number of carbonyl (C=O) groups is 4. The van der Waals surface area contributed by atoms with Crippen molar-refractivity contribution in [2.45, 2.75) is 77.7 Å². The normalized spacial score (nSPS) is 24.1. The van der Waals surface area contributed by atoms with Crippen LogP contribution in [0.5, 0.6) is 0 Å². The molecule has 5 amide bonds. The van der Waals surface area contributed by atoms with Crippen LogP contribution in [0.15, 0.2) is 12.1 Å². The molecule has 0 saturated carbocycles. The molecule has 1 atom stereocenters. The summed E-state index contributed by atoms with van der Waals surface area (Å²) in [5.74, 6) is -4.28. The number of hydrogen-bond acceptors (Lipinski definition) is 6. The van der Waals surface area contributed by atoms with E-state index in [-0.39, 0.29) is 43.2 Å². The van der Waals surface area contributed by atoms with Crippen LogP contribution in [-0.2, 0) is 9.53 Å². The maximum Gasteiger partial charge on any atom is 0.410 e. The number of likely N-dealkylation sites (tertiary alicyclic amines) is 3. The number of ether oxygens (including phenoxy) is 1. The molecule has 4 aliphatic heterocycles. The maximum absolute atomic E-state index is 15.1. The molecule has 45 heavy (non-hydrogen) atoms. The average Bonchev–Trinajstić information content (AvgIpc) is 2.96. The molecule has 1 spiro atoms. The molecule has 13 heteroatoms. The fraction of sp³-hybridized carbons (Fsp3) is 0.688. The number of piperidine rings is 3. The first kappa shape index (κ1) is 33.4. The molecular formula is C32H44ClF2N5O5. The molecule has 0 aromatic heterocycles. The Balaban J connectivity index is 1.13. The molecule has 1 aromatic rings. The van der Waals surface area contributed by atoms with E-state index in [2.05, 4.69) is 10.2 Å². The molecule has 248 valence electrons. The fourth-order valence-corrected chi connectivity index (χ4v) is 7.16. The number of carbonyl (C=O) groups excluding carboxylic acids is 4. The topological polar surface area (TPSA) is 102 Å². The van der Waals surface area contributed by atoms with Gasteiger partial charge in [0, 0.05) is 55.6 Å². The summed E-state index contributed by atoms with van der Waals surface area (Å²) in [6, 6.07) is 2.78. The van der Waals surface area contributed by atoms with Gasteiger partial charge in [-0.15, -0.1) is 0 Å². The molecule has 4 aliphatic rings. The van der Waals surface area contributed by atoms with E-state index in [9.17, 15) is 19.2 Å². The van der Waals surface area contributed by atoms with Crippen LogP contribution < -0.4 is 10.2 Å².